The SMILES string of the molecule is Cc1c(C(=O)O)cc(Cl)cc1S(=O)(=O)NCc1cnc[nH]1. The van der Waals surface area contributed by atoms with E-state index in [0.29, 0.717) is 5.69 Å². The Morgan fingerprint density at radius 3 is 2.76 bits per heavy atom. The lowest BCUT2D eigenvalue weighted by Crippen LogP contribution is -2.24. The minimum Gasteiger partial charge on any atom is -0.478 e. The van der Waals surface area contributed by atoms with Gasteiger partial charge in [0.25, 0.3) is 0 Å². The number of hydrogen-bond acceptors (Lipinski definition) is 4. The highest BCUT2D eigenvalue weighted by Crippen LogP contribution is 2.24. The summed E-state index contributed by atoms with van der Waals surface area (Å²) in [4.78, 5) is 17.5. The number of imidazole rings is 1. The molecule has 3 N–H and O–H groups in total. The predicted octanol–water partition coefficient (Wildman–Crippen LogP) is 1.55. The van der Waals surface area contributed by atoms with Gasteiger partial charge in [-0.25, -0.2) is 22.9 Å². The number of nitrogens with one attached hydrogen (secondary N) is 2. The number of aromatic carboxylic acids is 1. The number of nitrogens with zero attached hydrogens (tertiary/aromatic N) is 1. The van der Waals surface area contributed by atoms with Crippen molar-refractivity contribution < 1.29 is 18.3 Å². The van der Waals surface area contributed by atoms with E-state index in [-0.39, 0.29) is 27.6 Å². The second-order valence-electron chi connectivity index (χ2n) is 4.28. The quantitative estimate of drug-likeness (QED) is 0.770. The molecule has 112 valence electrons. The molecule has 0 unspecified atom stereocenters. The normalized spacial score (nSPS) is 11.5. The molecule has 0 bridgehead atoms. The Hall–Kier alpha value is -1.90. The zero-order valence-corrected chi connectivity index (χ0v) is 12.5. The van der Waals surface area contributed by atoms with Crippen molar-refractivity contribution in [3.63, 3.8) is 0 Å². The number of H-pyrrole nitrogens is 1. The van der Waals surface area contributed by atoms with Gasteiger partial charge in [0.15, 0.2) is 0 Å². The summed E-state index contributed by atoms with van der Waals surface area (Å²) >= 11 is 5.80. The smallest absolute Gasteiger partial charge is 0.336 e. The van der Waals surface area contributed by atoms with Gasteiger partial charge in [0.1, 0.15) is 0 Å². The van der Waals surface area contributed by atoms with Crippen LogP contribution in [0.1, 0.15) is 21.6 Å². The number of carboxylic acids is 1. The number of carboxylic acid groups (broad SMARTS) is 1. The molecule has 1 aromatic heterocycles. The van der Waals surface area contributed by atoms with Gasteiger partial charge in [0.2, 0.25) is 10.0 Å². The molecular formula is C12H12ClN3O4S. The van der Waals surface area contributed by atoms with E-state index in [4.69, 9.17) is 16.7 Å². The van der Waals surface area contributed by atoms with E-state index in [2.05, 4.69) is 14.7 Å². The Balaban J connectivity index is 2.37. The standard InChI is InChI=1S/C12H12ClN3O4S/c1-7-10(12(17)18)2-8(13)3-11(7)21(19,20)16-5-9-4-14-6-15-9/h2-4,6,16H,5H2,1H3,(H,14,15)(H,17,18). The lowest BCUT2D eigenvalue weighted by atomic mass is 10.1. The van der Waals surface area contributed by atoms with Crippen LogP contribution >= 0.6 is 11.6 Å². The maximum Gasteiger partial charge on any atom is 0.336 e. The maximum absolute atomic E-state index is 12.3. The molecular weight excluding hydrogens is 318 g/mol. The van der Waals surface area contributed by atoms with E-state index in [1.807, 2.05) is 0 Å². The molecule has 9 heteroatoms. The first-order valence-corrected chi connectivity index (χ1v) is 7.67. The van der Waals surface area contributed by atoms with E-state index in [1.165, 1.54) is 31.6 Å². The fourth-order valence-corrected chi connectivity index (χ4v) is 3.37. The zero-order valence-electron chi connectivity index (χ0n) is 10.9. The monoisotopic (exact) mass is 329 g/mol. The second kappa shape index (κ2) is 5.84. The zero-order chi connectivity index (χ0) is 15.6. The number of hydrogen-bond donors (Lipinski definition) is 3. The third-order valence-corrected chi connectivity index (χ3v) is 4.60. The summed E-state index contributed by atoms with van der Waals surface area (Å²) < 4.78 is 26.9. The van der Waals surface area contributed by atoms with Crippen LogP contribution in [-0.4, -0.2) is 29.5 Å². The van der Waals surface area contributed by atoms with Gasteiger partial charge in [-0.05, 0) is 24.6 Å². The summed E-state index contributed by atoms with van der Waals surface area (Å²) in [5, 5.41) is 9.11. The van der Waals surface area contributed by atoms with Crippen molar-refractivity contribution in [1.29, 1.82) is 0 Å². The molecule has 0 aliphatic carbocycles. The van der Waals surface area contributed by atoms with E-state index >= 15 is 0 Å². The maximum atomic E-state index is 12.3. The van der Waals surface area contributed by atoms with Gasteiger partial charge in [-0.3, -0.25) is 0 Å². The van der Waals surface area contributed by atoms with Crippen LogP contribution in [0.5, 0.6) is 0 Å². The van der Waals surface area contributed by atoms with Crippen molar-refractivity contribution in [3.05, 3.63) is 46.5 Å². The van der Waals surface area contributed by atoms with Crippen molar-refractivity contribution in [2.45, 2.75) is 18.4 Å². The highest BCUT2D eigenvalue weighted by atomic mass is 35.5. The molecule has 0 fully saturated rings. The number of aromatic nitrogens is 2. The average molecular weight is 330 g/mol. The first-order chi connectivity index (χ1) is 9.81. The third-order valence-electron chi connectivity index (χ3n) is 2.85. The fourth-order valence-electron chi connectivity index (χ4n) is 1.79. The minimum atomic E-state index is -3.89. The van der Waals surface area contributed by atoms with Crippen molar-refractivity contribution in [1.82, 2.24) is 14.7 Å². The van der Waals surface area contributed by atoms with Gasteiger partial charge < -0.3 is 10.1 Å². The Morgan fingerprint density at radius 2 is 2.19 bits per heavy atom. The molecule has 0 saturated heterocycles. The summed E-state index contributed by atoms with van der Waals surface area (Å²) in [5.41, 5.74) is 0.560. The van der Waals surface area contributed by atoms with Gasteiger partial charge in [-0.2, -0.15) is 0 Å². The molecule has 0 spiro atoms. The second-order valence-corrected chi connectivity index (χ2v) is 6.45. The van der Waals surface area contributed by atoms with Crippen molar-refractivity contribution in [2.75, 3.05) is 0 Å². The van der Waals surface area contributed by atoms with Crippen LogP contribution in [0.2, 0.25) is 5.02 Å². The molecule has 1 aromatic carbocycles. The highest BCUT2D eigenvalue weighted by molar-refractivity contribution is 7.89. The van der Waals surface area contributed by atoms with Gasteiger partial charge >= 0.3 is 5.97 Å². The molecule has 2 aromatic rings. The first kappa shape index (κ1) is 15.5. The summed E-state index contributed by atoms with van der Waals surface area (Å²) in [7, 11) is -3.89. The Labute approximate surface area is 126 Å². The van der Waals surface area contributed by atoms with Crippen LogP contribution < -0.4 is 4.72 Å². The molecule has 0 radical (unpaired) electrons. The molecule has 0 aliphatic heterocycles. The Morgan fingerprint density at radius 1 is 1.48 bits per heavy atom. The number of rotatable bonds is 5. The molecule has 0 aliphatic rings. The van der Waals surface area contributed by atoms with E-state index in [9.17, 15) is 13.2 Å². The summed E-state index contributed by atoms with van der Waals surface area (Å²) in [6.45, 7) is 1.43. The number of carbonyl (C=O) groups is 1. The van der Waals surface area contributed by atoms with Gasteiger partial charge in [-0.15, -0.1) is 0 Å². The van der Waals surface area contributed by atoms with Crippen LogP contribution in [0.15, 0.2) is 29.6 Å². The van der Waals surface area contributed by atoms with Crippen LogP contribution in [0.3, 0.4) is 0 Å². The van der Waals surface area contributed by atoms with Gasteiger partial charge in [0.05, 0.1) is 23.3 Å². The molecule has 7 nitrogen and oxygen atoms in total. The predicted molar refractivity (Wildman–Crippen MR) is 75.8 cm³/mol. The summed E-state index contributed by atoms with van der Waals surface area (Å²) in [6.07, 6.45) is 2.91. The molecule has 0 amide bonds. The highest BCUT2D eigenvalue weighted by Gasteiger charge is 2.22. The topological polar surface area (TPSA) is 112 Å². The Bertz CT molecular complexity index is 772. The largest absolute Gasteiger partial charge is 0.478 e. The first-order valence-electron chi connectivity index (χ1n) is 5.81. The van der Waals surface area contributed by atoms with Crippen LogP contribution in [0.4, 0.5) is 0 Å². The molecule has 0 atom stereocenters. The fraction of sp³-hybridized carbons (Fsp3) is 0.167. The Kier molecular flexibility index (Phi) is 4.31. The lowest BCUT2D eigenvalue weighted by molar-refractivity contribution is 0.0696. The van der Waals surface area contributed by atoms with Crippen LogP contribution in [-0.2, 0) is 16.6 Å². The number of halogens is 1. The third kappa shape index (κ3) is 3.41. The number of benzene rings is 1. The molecule has 1 heterocycles. The number of aromatic amines is 1. The minimum absolute atomic E-state index is 0.0106. The average Bonchev–Trinajstić information content (AvgIpc) is 2.91. The van der Waals surface area contributed by atoms with E-state index in [0.717, 1.165) is 0 Å². The molecule has 21 heavy (non-hydrogen) atoms. The lowest BCUT2D eigenvalue weighted by Gasteiger charge is -2.11. The summed E-state index contributed by atoms with van der Waals surface area (Å²) in [5.74, 6) is -1.24. The van der Waals surface area contributed by atoms with Crippen molar-refractivity contribution in [2.24, 2.45) is 0 Å². The number of sulfonamides is 1. The van der Waals surface area contributed by atoms with Crippen LogP contribution in [0.25, 0.3) is 0 Å². The van der Waals surface area contributed by atoms with E-state index < -0.39 is 16.0 Å². The van der Waals surface area contributed by atoms with Crippen molar-refractivity contribution in [3.8, 4) is 0 Å². The van der Waals surface area contributed by atoms with Crippen molar-refractivity contribution >= 4 is 27.6 Å². The molecule has 2 rings (SSSR count). The van der Waals surface area contributed by atoms with Gasteiger partial charge in [0, 0.05) is 16.9 Å². The van der Waals surface area contributed by atoms with E-state index in [1.54, 1.807) is 0 Å². The molecule has 0 saturated carbocycles. The summed E-state index contributed by atoms with van der Waals surface area (Å²) in [6, 6.07) is 2.44. The van der Waals surface area contributed by atoms with Crippen LogP contribution in [0, 0.1) is 6.92 Å². The van der Waals surface area contributed by atoms with Gasteiger partial charge in [-0.1, -0.05) is 11.6 Å².